The zero-order valence-corrected chi connectivity index (χ0v) is 20.5. The van der Waals surface area contributed by atoms with Crippen molar-refractivity contribution < 1.29 is 42.2 Å². The number of hydrogen-bond donors (Lipinski definition) is 4. The minimum atomic E-state index is -4.37. The van der Waals surface area contributed by atoms with Gasteiger partial charge in [-0.2, -0.15) is 0 Å². The van der Waals surface area contributed by atoms with E-state index in [2.05, 4.69) is 10.0 Å². The fourth-order valence-corrected chi connectivity index (χ4v) is 5.40. The third-order valence-electron chi connectivity index (χ3n) is 4.84. The van der Waals surface area contributed by atoms with Crippen LogP contribution < -0.4 is 10.0 Å². The van der Waals surface area contributed by atoms with Gasteiger partial charge in [0.15, 0.2) is 0 Å². The van der Waals surface area contributed by atoms with E-state index < -0.39 is 67.5 Å². The molecule has 4 N–H and O–H groups in total. The fraction of sp³-hybridized carbons (Fsp3) is 0.333. The maximum atomic E-state index is 14.1. The van der Waals surface area contributed by atoms with Crippen LogP contribution in [0.2, 0.25) is 5.02 Å². The molecule has 1 heterocycles. The first-order valence-corrected chi connectivity index (χ1v) is 12.9. The van der Waals surface area contributed by atoms with Gasteiger partial charge in [0.05, 0.1) is 29.0 Å². The van der Waals surface area contributed by atoms with E-state index >= 15 is 0 Å². The molecule has 0 aliphatic rings. The first-order chi connectivity index (χ1) is 16.5. The van der Waals surface area contributed by atoms with Gasteiger partial charge in [0.2, 0.25) is 15.9 Å². The van der Waals surface area contributed by atoms with Crippen LogP contribution in [0.3, 0.4) is 0 Å². The van der Waals surface area contributed by atoms with Gasteiger partial charge < -0.3 is 20.3 Å². The van der Waals surface area contributed by atoms with E-state index in [-0.39, 0.29) is 19.4 Å². The second-order valence-electron chi connectivity index (χ2n) is 7.38. The van der Waals surface area contributed by atoms with Crippen molar-refractivity contribution in [1.82, 2.24) is 10.0 Å². The number of carboxylic acids is 2. The highest BCUT2D eigenvalue weighted by Gasteiger charge is 2.26. The molecule has 1 aromatic heterocycles. The van der Waals surface area contributed by atoms with Gasteiger partial charge in [-0.15, -0.1) is 11.3 Å². The van der Waals surface area contributed by atoms with E-state index in [0.29, 0.717) is 29.7 Å². The lowest BCUT2D eigenvalue weighted by atomic mass is 9.98. The topological polar surface area (TPSA) is 167 Å². The molecule has 2 aromatic rings. The normalized spacial score (nSPS) is 13.1. The maximum absolute atomic E-state index is 14.1. The first-order valence-electron chi connectivity index (χ1n) is 10.2. The Morgan fingerprint density at radius 3 is 2.49 bits per heavy atom. The highest BCUT2D eigenvalue weighted by molar-refractivity contribution is 7.89. The Bertz CT molecular complexity index is 1190. The number of carboxylic acid groups (broad SMARTS) is 2. The molecule has 14 heteroatoms. The number of aromatic carboxylic acids is 1. The molecule has 0 radical (unpaired) electrons. The lowest BCUT2D eigenvalue weighted by Crippen LogP contribution is -2.40. The molecule has 0 spiro atoms. The van der Waals surface area contributed by atoms with Crippen LogP contribution in [-0.4, -0.2) is 55.3 Å². The number of hydrogen-bond acceptors (Lipinski definition) is 7. The molecular formula is C21H22ClFN2O8S2. The van der Waals surface area contributed by atoms with Gasteiger partial charge in [-0.05, 0) is 36.4 Å². The number of thiophene rings is 1. The highest BCUT2D eigenvalue weighted by Crippen LogP contribution is 2.27. The minimum Gasteiger partial charge on any atom is -0.481 e. The van der Waals surface area contributed by atoms with Crippen LogP contribution in [0.15, 0.2) is 34.5 Å². The molecule has 0 saturated carbocycles. The van der Waals surface area contributed by atoms with Crippen molar-refractivity contribution in [2.24, 2.45) is 0 Å². The van der Waals surface area contributed by atoms with E-state index in [1.807, 2.05) is 0 Å². The maximum Gasteiger partial charge on any atom is 0.337 e. The summed E-state index contributed by atoms with van der Waals surface area (Å²) in [5.74, 6) is -5.17. The number of sulfonamides is 1. The van der Waals surface area contributed by atoms with Gasteiger partial charge in [-0.25, -0.2) is 22.3 Å². The van der Waals surface area contributed by atoms with Crippen molar-refractivity contribution in [2.75, 3.05) is 6.54 Å². The van der Waals surface area contributed by atoms with Gasteiger partial charge >= 0.3 is 11.9 Å². The molecular weight excluding hydrogens is 527 g/mol. The molecule has 0 aliphatic heterocycles. The van der Waals surface area contributed by atoms with Crippen LogP contribution in [0.5, 0.6) is 0 Å². The standard InChI is InChI=1S/C21H22ClFN2O8S2/c22-15-10-16(23)18(9-14(15)21(30)31)35(32,33)24-6-2-1-4-13(17-5-3-7-34-17)20(29)25-12(11-26)8-19(27)28/h3,5,7,9-13,24H,1-2,4,6,8H2,(H,25,29)(H,27,28)(H,30,31)/t12-,13?/m1/s1. The Labute approximate surface area is 209 Å². The molecule has 0 saturated heterocycles. The van der Waals surface area contributed by atoms with E-state index in [1.165, 1.54) is 11.3 Å². The zero-order valence-electron chi connectivity index (χ0n) is 18.1. The smallest absolute Gasteiger partial charge is 0.337 e. The van der Waals surface area contributed by atoms with Crippen LogP contribution in [0.1, 0.15) is 46.8 Å². The number of aliphatic carboxylic acids is 1. The summed E-state index contributed by atoms with van der Waals surface area (Å²) < 4.78 is 41.2. The molecule has 1 unspecified atom stereocenters. The average molecular weight is 549 g/mol. The highest BCUT2D eigenvalue weighted by atomic mass is 35.5. The Hall–Kier alpha value is -2.87. The van der Waals surface area contributed by atoms with Crippen molar-refractivity contribution >= 4 is 57.1 Å². The van der Waals surface area contributed by atoms with Crippen molar-refractivity contribution in [2.45, 2.75) is 42.5 Å². The van der Waals surface area contributed by atoms with E-state index in [9.17, 15) is 32.0 Å². The fourth-order valence-electron chi connectivity index (χ4n) is 3.15. The van der Waals surface area contributed by atoms with Crippen molar-refractivity contribution in [3.63, 3.8) is 0 Å². The summed E-state index contributed by atoms with van der Waals surface area (Å²) in [6.45, 7) is -0.123. The number of benzene rings is 1. The largest absolute Gasteiger partial charge is 0.481 e. The molecule has 1 amide bonds. The third kappa shape index (κ3) is 8.09. The predicted octanol–water partition coefficient (Wildman–Crippen LogP) is 2.63. The van der Waals surface area contributed by atoms with Gasteiger partial charge in [0, 0.05) is 11.4 Å². The Balaban J connectivity index is 1.99. The SMILES string of the molecule is O=C[C@@H](CC(=O)O)NC(=O)C(CCCCNS(=O)(=O)c1cc(C(=O)O)c(Cl)cc1F)c1cccs1. The van der Waals surface area contributed by atoms with Crippen LogP contribution in [0.4, 0.5) is 4.39 Å². The van der Waals surface area contributed by atoms with Crippen LogP contribution in [-0.2, 0) is 24.4 Å². The first kappa shape index (κ1) is 28.4. The summed E-state index contributed by atoms with van der Waals surface area (Å²) in [5, 5.41) is 21.6. The number of amides is 1. The quantitative estimate of drug-likeness (QED) is 0.206. The molecule has 2 rings (SSSR count). The van der Waals surface area contributed by atoms with Crippen LogP contribution >= 0.6 is 22.9 Å². The molecule has 190 valence electrons. The Kier molecular flexibility index (Phi) is 10.3. The molecule has 10 nitrogen and oxygen atoms in total. The summed E-state index contributed by atoms with van der Waals surface area (Å²) in [4.78, 5) is 45.6. The number of carbonyl (C=O) groups excluding carboxylic acids is 2. The number of halogens is 2. The molecule has 2 atom stereocenters. The number of unbranched alkanes of at least 4 members (excludes halogenated alkanes) is 1. The van der Waals surface area contributed by atoms with Gasteiger partial charge in [0.25, 0.3) is 0 Å². The van der Waals surface area contributed by atoms with Crippen LogP contribution in [0, 0.1) is 5.82 Å². The van der Waals surface area contributed by atoms with Crippen molar-refractivity contribution in [3.05, 3.63) is 50.9 Å². The van der Waals surface area contributed by atoms with Crippen LogP contribution in [0.25, 0.3) is 0 Å². The average Bonchev–Trinajstić information content (AvgIpc) is 3.29. The van der Waals surface area contributed by atoms with E-state index in [1.54, 1.807) is 17.5 Å². The molecule has 0 bridgehead atoms. The summed E-state index contributed by atoms with van der Waals surface area (Å²) in [7, 11) is -4.37. The van der Waals surface area contributed by atoms with E-state index in [0.717, 1.165) is 0 Å². The van der Waals surface area contributed by atoms with Gasteiger partial charge in [-0.1, -0.05) is 24.1 Å². The number of carbonyl (C=O) groups is 4. The predicted molar refractivity (Wildman–Crippen MR) is 125 cm³/mol. The van der Waals surface area contributed by atoms with Crippen molar-refractivity contribution in [3.8, 4) is 0 Å². The molecule has 35 heavy (non-hydrogen) atoms. The zero-order chi connectivity index (χ0) is 26.2. The van der Waals surface area contributed by atoms with Gasteiger partial charge in [0.1, 0.15) is 17.0 Å². The minimum absolute atomic E-state index is 0.123. The lowest BCUT2D eigenvalue weighted by molar-refractivity contribution is -0.138. The number of nitrogens with one attached hydrogen (secondary N) is 2. The lowest BCUT2D eigenvalue weighted by Gasteiger charge is -2.18. The number of rotatable bonds is 14. The summed E-state index contributed by atoms with van der Waals surface area (Å²) in [6.07, 6.45) is 0.663. The Morgan fingerprint density at radius 1 is 1.20 bits per heavy atom. The second kappa shape index (κ2) is 12.7. The monoisotopic (exact) mass is 548 g/mol. The molecule has 0 aliphatic carbocycles. The Morgan fingerprint density at radius 2 is 1.91 bits per heavy atom. The van der Waals surface area contributed by atoms with E-state index in [4.69, 9.17) is 21.8 Å². The second-order valence-corrected chi connectivity index (χ2v) is 10.5. The van der Waals surface area contributed by atoms with Gasteiger partial charge in [-0.3, -0.25) is 9.59 Å². The summed E-state index contributed by atoms with van der Waals surface area (Å²) in [6, 6.07) is 3.52. The molecule has 0 fully saturated rings. The summed E-state index contributed by atoms with van der Waals surface area (Å²) in [5.41, 5.74) is -0.560. The number of aldehydes is 1. The molecule has 1 aromatic carbocycles. The summed E-state index contributed by atoms with van der Waals surface area (Å²) >= 11 is 6.94. The third-order valence-corrected chi connectivity index (χ3v) is 7.62. The van der Waals surface area contributed by atoms with Crippen molar-refractivity contribution in [1.29, 1.82) is 0 Å².